The highest BCUT2D eigenvalue weighted by atomic mass is 16.3. The van der Waals surface area contributed by atoms with Crippen LogP contribution in [0.1, 0.15) is 6.92 Å². The molecule has 2 atom stereocenters. The van der Waals surface area contributed by atoms with Crippen molar-refractivity contribution in [2.24, 2.45) is 0 Å². The molecule has 4 nitrogen and oxygen atoms in total. The number of nitrogens with zero attached hydrogens (tertiary/aromatic N) is 2. The van der Waals surface area contributed by atoms with Crippen LogP contribution in [-0.4, -0.2) is 72.9 Å². The van der Waals surface area contributed by atoms with E-state index >= 15 is 0 Å². The second kappa shape index (κ2) is 4.57. The molecule has 0 amide bonds. The topological polar surface area (TPSA) is 38.7 Å². The summed E-state index contributed by atoms with van der Waals surface area (Å²) < 4.78 is 0. The van der Waals surface area contributed by atoms with E-state index in [1.165, 1.54) is 0 Å². The molecule has 4 heteroatoms. The van der Waals surface area contributed by atoms with Crippen molar-refractivity contribution in [1.29, 1.82) is 0 Å². The van der Waals surface area contributed by atoms with Crippen LogP contribution in [0.2, 0.25) is 0 Å². The Bertz CT molecular complexity index is 180. The van der Waals surface area contributed by atoms with Crippen LogP contribution in [0.15, 0.2) is 0 Å². The SMILES string of the molecule is CCN1CCN(C2CNCC2O)CC1. The summed E-state index contributed by atoms with van der Waals surface area (Å²) in [6.07, 6.45) is -0.164. The maximum Gasteiger partial charge on any atom is 0.0831 e. The lowest BCUT2D eigenvalue weighted by atomic mass is 10.1. The fourth-order valence-corrected chi connectivity index (χ4v) is 2.43. The number of β-amino-alcohol motifs (C(OH)–C–C–N with tert-alkyl or cyclic N) is 1. The van der Waals surface area contributed by atoms with E-state index in [9.17, 15) is 5.11 Å². The highest BCUT2D eigenvalue weighted by Gasteiger charge is 2.31. The van der Waals surface area contributed by atoms with E-state index < -0.39 is 0 Å². The Morgan fingerprint density at radius 1 is 1.21 bits per heavy atom. The van der Waals surface area contributed by atoms with Crippen molar-refractivity contribution in [3.63, 3.8) is 0 Å². The summed E-state index contributed by atoms with van der Waals surface area (Å²) in [5.74, 6) is 0. The minimum atomic E-state index is -0.164. The second-order valence-corrected chi connectivity index (χ2v) is 4.26. The number of rotatable bonds is 2. The number of hydrogen-bond donors (Lipinski definition) is 2. The number of likely N-dealkylation sites (N-methyl/N-ethyl adjacent to an activating group) is 1. The predicted octanol–water partition coefficient (Wildman–Crippen LogP) is -1.04. The Balaban J connectivity index is 1.82. The lowest BCUT2D eigenvalue weighted by Crippen LogP contribution is -2.53. The Morgan fingerprint density at radius 3 is 2.43 bits per heavy atom. The van der Waals surface area contributed by atoms with Crippen LogP contribution < -0.4 is 5.32 Å². The van der Waals surface area contributed by atoms with Gasteiger partial charge in [-0.15, -0.1) is 0 Å². The maximum atomic E-state index is 9.75. The standard InChI is InChI=1S/C10H21N3O/c1-2-12-3-5-13(6-4-12)9-7-11-8-10(9)14/h9-11,14H,2-8H2,1H3. The Kier molecular flexibility index (Phi) is 3.38. The van der Waals surface area contributed by atoms with Gasteiger partial charge in [-0.1, -0.05) is 6.92 Å². The van der Waals surface area contributed by atoms with Crippen LogP contribution in [0.3, 0.4) is 0 Å². The second-order valence-electron chi connectivity index (χ2n) is 4.26. The van der Waals surface area contributed by atoms with Crippen LogP contribution in [-0.2, 0) is 0 Å². The van der Waals surface area contributed by atoms with E-state index in [0.29, 0.717) is 6.04 Å². The molecule has 0 spiro atoms. The molecular formula is C10H21N3O. The Labute approximate surface area is 85.9 Å². The normalized spacial score (nSPS) is 36.4. The zero-order valence-electron chi connectivity index (χ0n) is 8.95. The molecule has 2 unspecified atom stereocenters. The van der Waals surface area contributed by atoms with Gasteiger partial charge in [0.2, 0.25) is 0 Å². The minimum absolute atomic E-state index is 0.164. The molecule has 0 aromatic rings. The largest absolute Gasteiger partial charge is 0.390 e. The lowest BCUT2D eigenvalue weighted by molar-refractivity contribution is 0.0460. The average molecular weight is 199 g/mol. The minimum Gasteiger partial charge on any atom is -0.390 e. The molecule has 14 heavy (non-hydrogen) atoms. The molecule has 0 radical (unpaired) electrons. The third kappa shape index (κ3) is 2.08. The van der Waals surface area contributed by atoms with Gasteiger partial charge in [0.1, 0.15) is 0 Å². The van der Waals surface area contributed by atoms with Crippen molar-refractivity contribution in [2.45, 2.75) is 19.1 Å². The molecule has 0 aromatic carbocycles. The molecule has 0 aliphatic carbocycles. The van der Waals surface area contributed by atoms with Crippen molar-refractivity contribution in [2.75, 3.05) is 45.8 Å². The maximum absolute atomic E-state index is 9.75. The van der Waals surface area contributed by atoms with Crippen LogP contribution in [0.5, 0.6) is 0 Å². The van der Waals surface area contributed by atoms with E-state index in [1.807, 2.05) is 0 Å². The fourth-order valence-electron chi connectivity index (χ4n) is 2.43. The highest BCUT2D eigenvalue weighted by molar-refractivity contribution is 4.90. The summed E-state index contributed by atoms with van der Waals surface area (Å²) in [6.45, 7) is 9.60. The number of hydrogen-bond acceptors (Lipinski definition) is 4. The molecule has 2 saturated heterocycles. The van der Waals surface area contributed by atoms with E-state index in [1.54, 1.807) is 0 Å². The predicted molar refractivity (Wildman–Crippen MR) is 56.4 cm³/mol. The number of aliphatic hydroxyl groups is 1. The van der Waals surface area contributed by atoms with Crippen molar-refractivity contribution in [3.8, 4) is 0 Å². The summed E-state index contributed by atoms with van der Waals surface area (Å²) in [5.41, 5.74) is 0. The highest BCUT2D eigenvalue weighted by Crippen LogP contribution is 2.12. The van der Waals surface area contributed by atoms with E-state index in [-0.39, 0.29) is 6.10 Å². The van der Waals surface area contributed by atoms with Crippen LogP contribution in [0.25, 0.3) is 0 Å². The first-order valence-corrected chi connectivity index (χ1v) is 5.66. The van der Waals surface area contributed by atoms with Gasteiger partial charge >= 0.3 is 0 Å². The van der Waals surface area contributed by atoms with Gasteiger partial charge in [0, 0.05) is 45.3 Å². The first-order valence-electron chi connectivity index (χ1n) is 5.66. The van der Waals surface area contributed by atoms with Crippen molar-refractivity contribution < 1.29 is 5.11 Å². The molecule has 2 heterocycles. The van der Waals surface area contributed by atoms with Crippen molar-refractivity contribution in [1.82, 2.24) is 15.1 Å². The average Bonchev–Trinajstić information content (AvgIpc) is 2.65. The van der Waals surface area contributed by atoms with Crippen LogP contribution in [0, 0.1) is 0 Å². The summed E-state index contributed by atoms with van der Waals surface area (Å²) in [5, 5.41) is 13.0. The summed E-state index contributed by atoms with van der Waals surface area (Å²) in [6, 6.07) is 0.356. The molecule has 2 N–H and O–H groups in total. The fraction of sp³-hybridized carbons (Fsp3) is 1.00. The van der Waals surface area contributed by atoms with Gasteiger partial charge in [-0.25, -0.2) is 0 Å². The molecule has 0 bridgehead atoms. The molecule has 0 aromatic heterocycles. The molecule has 2 aliphatic heterocycles. The first-order chi connectivity index (χ1) is 6.81. The van der Waals surface area contributed by atoms with Gasteiger partial charge in [-0.2, -0.15) is 0 Å². The van der Waals surface area contributed by atoms with Crippen LogP contribution in [0.4, 0.5) is 0 Å². The number of piperazine rings is 1. The summed E-state index contributed by atoms with van der Waals surface area (Å²) in [4.78, 5) is 4.89. The van der Waals surface area contributed by atoms with E-state index in [4.69, 9.17) is 0 Å². The van der Waals surface area contributed by atoms with Gasteiger partial charge < -0.3 is 15.3 Å². The third-order valence-electron chi connectivity index (χ3n) is 3.47. The van der Waals surface area contributed by atoms with E-state index in [2.05, 4.69) is 22.0 Å². The first kappa shape index (κ1) is 10.4. The van der Waals surface area contributed by atoms with Gasteiger partial charge in [-0.05, 0) is 6.54 Å². The summed E-state index contributed by atoms with van der Waals surface area (Å²) >= 11 is 0. The summed E-state index contributed by atoms with van der Waals surface area (Å²) in [7, 11) is 0. The molecule has 2 aliphatic rings. The third-order valence-corrected chi connectivity index (χ3v) is 3.47. The quantitative estimate of drug-likeness (QED) is 0.596. The Morgan fingerprint density at radius 2 is 1.93 bits per heavy atom. The Hall–Kier alpha value is -0.160. The van der Waals surface area contributed by atoms with Crippen molar-refractivity contribution >= 4 is 0 Å². The lowest BCUT2D eigenvalue weighted by Gasteiger charge is -2.38. The monoisotopic (exact) mass is 199 g/mol. The van der Waals surface area contributed by atoms with Gasteiger partial charge in [0.05, 0.1) is 6.10 Å². The van der Waals surface area contributed by atoms with Crippen molar-refractivity contribution in [3.05, 3.63) is 0 Å². The van der Waals surface area contributed by atoms with Gasteiger partial charge in [0.15, 0.2) is 0 Å². The van der Waals surface area contributed by atoms with Crippen LogP contribution >= 0.6 is 0 Å². The van der Waals surface area contributed by atoms with E-state index in [0.717, 1.165) is 45.8 Å². The van der Waals surface area contributed by atoms with Gasteiger partial charge in [-0.3, -0.25) is 4.90 Å². The number of nitrogens with one attached hydrogen (secondary N) is 1. The molecule has 82 valence electrons. The van der Waals surface area contributed by atoms with Gasteiger partial charge in [0.25, 0.3) is 0 Å². The molecule has 2 rings (SSSR count). The molecule has 2 fully saturated rings. The molecular weight excluding hydrogens is 178 g/mol. The smallest absolute Gasteiger partial charge is 0.0831 e. The number of aliphatic hydroxyl groups excluding tert-OH is 1. The zero-order valence-corrected chi connectivity index (χ0v) is 8.95. The zero-order chi connectivity index (χ0) is 9.97. The molecule has 0 saturated carbocycles.